The molecule has 2 aromatic rings. The molecule has 11 heavy (non-hydrogen) atoms. The molecule has 0 saturated heterocycles. The Balaban J connectivity index is 2.78. The fourth-order valence-electron chi connectivity index (χ4n) is 1.01. The second-order valence-corrected chi connectivity index (χ2v) is 3.06. The molecule has 0 aliphatic rings. The van der Waals surface area contributed by atoms with Crippen LogP contribution >= 0.6 is 11.3 Å². The molecule has 0 spiro atoms. The Hall–Kier alpha value is -1.29. The summed E-state index contributed by atoms with van der Waals surface area (Å²) in [5, 5.41) is 10.5. The summed E-state index contributed by atoms with van der Waals surface area (Å²) in [5.74, 6) is -0.886. The van der Waals surface area contributed by atoms with Gasteiger partial charge in [0.1, 0.15) is 5.69 Å². The topological polar surface area (TPSA) is 41.7 Å². The van der Waals surface area contributed by atoms with Crippen molar-refractivity contribution >= 4 is 22.1 Å². The third-order valence-electron chi connectivity index (χ3n) is 1.50. The summed E-state index contributed by atoms with van der Waals surface area (Å²) >= 11 is 1.53. The smallest absolute Gasteiger partial charge is 0.352 e. The van der Waals surface area contributed by atoms with Gasteiger partial charge < -0.3 is 9.51 Å². The lowest BCUT2D eigenvalue weighted by molar-refractivity contribution is 0.0689. The van der Waals surface area contributed by atoms with Gasteiger partial charge in [-0.05, 0) is 12.1 Å². The van der Waals surface area contributed by atoms with Gasteiger partial charge in [-0.3, -0.25) is 0 Å². The maximum absolute atomic E-state index is 10.6. The van der Waals surface area contributed by atoms with Crippen molar-refractivity contribution in [2.24, 2.45) is 0 Å². The molecule has 0 aromatic carbocycles. The average Bonchev–Trinajstić information content (AvgIpc) is 2.41. The molecule has 2 heterocycles. The largest absolute Gasteiger partial charge is 0.477 e. The van der Waals surface area contributed by atoms with Crippen LogP contribution in [0.2, 0.25) is 0 Å². The number of carboxylic acid groups (broad SMARTS) is 1. The molecule has 0 amide bonds. The summed E-state index contributed by atoms with van der Waals surface area (Å²) in [5.41, 5.74) is 0.321. The molecular formula is C7H5NO2S. The number of thiazole rings is 1. The van der Waals surface area contributed by atoms with Gasteiger partial charge in [0.25, 0.3) is 0 Å². The molecule has 56 valence electrons. The van der Waals surface area contributed by atoms with E-state index in [9.17, 15) is 4.79 Å². The van der Waals surface area contributed by atoms with Gasteiger partial charge in [-0.15, -0.1) is 11.3 Å². The van der Waals surface area contributed by atoms with Gasteiger partial charge in [-0.1, -0.05) is 0 Å². The number of hydrogen-bond acceptors (Lipinski definition) is 2. The maximum atomic E-state index is 10.6. The van der Waals surface area contributed by atoms with Crippen LogP contribution in [0.4, 0.5) is 0 Å². The Morgan fingerprint density at radius 2 is 2.36 bits per heavy atom. The fourth-order valence-corrected chi connectivity index (χ4v) is 1.76. The predicted molar refractivity (Wildman–Crippen MR) is 42.2 cm³/mol. The molecule has 0 saturated carbocycles. The number of hydrogen-bond donors (Lipinski definition) is 1. The van der Waals surface area contributed by atoms with Crippen LogP contribution in [-0.4, -0.2) is 15.5 Å². The molecule has 3 nitrogen and oxygen atoms in total. The zero-order valence-corrected chi connectivity index (χ0v) is 6.34. The van der Waals surface area contributed by atoms with Crippen molar-refractivity contribution in [1.82, 2.24) is 4.40 Å². The Kier molecular flexibility index (Phi) is 1.22. The van der Waals surface area contributed by atoms with Crippen molar-refractivity contribution in [3.63, 3.8) is 0 Å². The Morgan fingerprint density at radius 1 is 1.55 bits per heavy atom. The summed E-state index contributed by atoms with van der Waals surface area (Å²) < 4.78 is 1.66. The van der Waals surface area contributed by atoms with Crippen molar-refractivity contribution in [3.8, 4) is 0 Å². The highest BCUT2D eigenvalue weighted by Crippen LogP contribution is 2.15. The number of carboxylic acids is 1. The van der Waals surface area contributed by atoms with E-state index in [0.717, 1.165) is 4.83 Å². The van der Waals surface area contributed by atoms with E-state index in [1.54, 1.807) is 22.7 Å². The molecule has 0 radical (unpaired) electrons. The van der Waals surface area contributed by atoms with E-state index in [1.165, 1.54) is 11.3 Å². The van der Waals surface area contributed by atoms with Gasteiger partial charge >= 0.3 is 5.97 Å². The minimum absolute atomic E-state index is 0.321. The van der Waals surface area contributed by atoms with Crippen LogP contribution in [-0.2, 0) is 0 Å². The van der Waals surface area contributed by atoms with Gasteiger partial charge in [0, 0.05) is 11.6 Å². The van der Waals surface area contributed by atoms with Gasteiger partial charge in [0.15, 0.2) is 0 Å². The van der Waals surface area contributed by atoms with Crippen molar-refractivity contribution in [1.29, 1.82) is 0 Å². The standard InChI is InChI=1S/C7H5NO2S/c9-7(10)5-1-2-6-8(5)3-4-11-6/h1-4H,(H,9,10). The van der Waals surface area contributed by atoms with Gasteiger partial charge in [-0.25, -0.2) is 4.79 Å². The number of aromatic nitrogens is 1. The van der Waals surface area contributed by atoms with E-state index in [0.29, 0.717) is 5.69 Å². The molecular weight excluding hydrogens is 162 g/mol. The summed E-state index contributed by atoms with van der Waals surface area (Å²) in [6.07, 6.45) is 1.75. The van der Waals surface area contributed by atoms with Crippen molar-refractivity contribution in [2.45, 2.75) is 0 Å². The summed E-state index contributed by atoms with van der Waals surface area (Å²) in [6, 6.07) is 3.41. The van der Waals surface area contributed by atoms with Crippen LogP contribution in [0.25, 0.3) is 4.83 Å². The summed E-state index contributed by atoms with van der Waals surface area (Å²) in [4.78, 5) is 11.5. The van der Waals surface area contributed by atoms with Crippen LogP contribution in [0.15, 0.2) is 23.7 Å². The van der Waals surface area contributed by atoms with Crippen LogP contribution < -0.4 is 0 Å². The number of rotatable bonds is 1. The highest BCUT2D eigenvalue weighted by Gasteiger charge is 2.07. The normalized spacial score (nSPS) is 10.5. The van der Waals surface area contributed by atoms with Gasteiger partial charge in [0.2, 0.25) is 0 Å². The van der Waals surface area contributed by atoms with Crippen LogP contribution in [0, 0.1) is 0 Å². The van der Waals surface area contributed by atoms with Crippen molar-refractivity contribution < 1.29 is 9.90 Å². The lowest BCUT2D eigenvalue weighted by Gasteiger charge is -1.88. The Bertz CT molecular complexity index is 401. The van der Waals surface area contributed by atoms with E-state index in [2.05, 4.69) is 0 Å². The predicted octanol–water partition coefficient (Wildman–Crippen LogP) is 1.70. The zero-order valence-electron chi connectivity index (χ0n) is 5.52. The van der Waals surface area contributed by atoms with E-state index in [4.69, 9.17) is 5.11 Å². The fraction of sp³-hybridized carbons (Fsp3) is 0. The van der Waals surface area contributed by atoms with E-state index >= 15 is 0 Å². The summed E-state index contributed by atoms with van der Waals surface area (Å²) in [7, 11) is 0. The molecule has 0 atom stereocenters. The van der Waals surface area contributed by atoms with Crippen LogP contribution in [0.3, 0.4) is 0 Å². The number of fused-ring (bicyclic) bond motifs is 1. The maximum Gasteiger partial charge on any atom is 0.352 e. The first-order valence-corrected chi connectivity index (χ1v) is 3.95. The number of carbonyl (C=O) groups is 1. The molecule has 0 fully saturated rings. The third kappa shape index (κ3) is 0.832. The van der Waals surface area contributed by atoms with Gasteiger partial charge in [-0.2, -0.15) is 0 Å². The molecule has 4 heteroatoms. The number of aromatic carboxylic acids is 1. The molecule has 0 bridgehead atoms. The monoisotopic (exact) mass is 167 g/mol. The Morgan fingerprint density at radius 3 is 3.09 bits per heavy atom. The van der Waals surface area contributed by atoms with Crippen molar-refractivity contribution in [2.75, 3.05) is 0 Å². The molecule has 0 aliphatic carbocycles. The van der Waals surface area contributed by atoms with E-state index < -0.39 is 5.97 Å². The number of nitrogens with zero attached hydrogens (tertiary/aromatic N) is 1. The van der Waals surface area contributed by atoms with E-state index in [-0.39, 0.29) is 0 Å². The second kappa shape index (κ2) is 2.10. The Labute approximate surface area is 66.5 Å². The third-order valence-corrected chi connectivity index (χ3v) is 2.33. The highest BCUT2D eigenvalue weighted by atomic mass is 32.1. The van der Waals surface area contributed by atoms with E-state index in [1.807, 2.05) is 5.38 Å². The second-order valence-electron chi connectivity index (χ2n) is 2.13. The quantitative estimate of drug-likeness (QED) is 0.702. The zero-order chi connectivity index (χ0) is 7.84. The van der Waals surface area contributed by atoms with Crippen molar-refractivity contribution in [3.05, 3.63) is 29.4 Å². The first-order valence-electron chi connectivity index (χ1n) is 3.07. The molecule has 2 aromatic heterocycles. The summed E-state index contributed by atoms with van der Waals surface area (Å²) in [6.45, 7) is 0. The molecule has 1 N–H and O–H groups in total. The minimum Gasteiger partial charge on any atom is -0.477 e. The average molecular weight is 167 g/mol. The molecule has 2 rings (SSSR count). The minimum atomic E-state index is -0.886. The SMILES string of the molecule is O=C(O)c1ccc2sccn12. The lowest BCUT2D eigenvalue weighted by Crippen LogP contribution is -1.98. The first-order chi connectivity index (χ1) is 5.29. The van der Waals surface area contributed by atoms with Gasteiger partial charge in [0.05, 0.1) is 4.83 Å². The van der Waals surface area contributed by atoms with Crippen LogP contribution in [0.1, 0.15) is 10.5 Å². The highest BCUT2D eigenvalue weighted by molar-refractivity contribution is 7.15. The molecule has 0 aliphatic heterocycles. The first kappa shape index (κ1) is 6.42. The lowest BCUT2D eigenvalue weighted by atomic mass is 10.4. The van der Waals surface area contributed by atoms with Crippen LogP contribution in [0.5, 0.6) is 0 Å². The molecule has 0 unspecified atom stereocenters.